The third-order valence-electron chi connectivity index (χ3n) is 5.90. The summed E-state index contributed by atoms with van der Waals surface area (Å²) >= 11 is 0. The summed E-state index contributed by atoms with van der Waals surface area (Å²) in [5, 5.41) is 11.3. The molecule has 1 N–H and O–H groups in total. The van der Waals surface area contributed by atoms with Crippen LogP contribution in [-0.4, -0.2) is 54.8 Å². The maximum Gasteiger partial charge on any atom is 0.331 e. The number of halogens is 5. The number of hydrogen-bond donors (Lipinski definition) is 1. The van der Waals surface area contributed by atoms with Gasteiger partial charge in [0.1, 0.15) is 11.1 Å². The molecule has 0 aliphatic carbocycles. The fourth-order valence-electron chi connectivity index (χ4n) is 3.89. The molecule has 1 fully saturated rings. The van der Waals surface area contributed by atoms with Crippen LogP contribution >= 0.6 is 0 Å². The van der Waals surface area contributed by atoms with Gasteiger partial charge in [0.25, 0.3) is 5.69 Å². The number of methoxy groups -OCH3 is 1. The molecule has 2 aromatic carbocycles. The van der Waals surface area contributed by atoms with Crippen LogP contribution in [-0.2, 0) is 30.8 Å². The molecule has 37 heavy (non-hydrogen) atoms. The molecule has 0 aromatic heterocycles. The quantitative estimate of drug-likeness (QED) is 0.101. The van der Waals surface area contributed by atoms with Crippen LogP contribution in [0.25, 0.3) is 0 Å². The Balaban J connectivity index is 2.16. The first kappa shape index (κ1) is 27.9. The lowest BCUT2D eigenvalue weighted by Crippen LogP contribution is -2.79. The first-order valence-electron chi connectivity index (χ1n) is 10.2. The van der Waals surface area contributed by atoms with E-state index in [1.165, 1.54) is 13.8 Å². The fraction of sp³-hybridized carbons (Fsp3) is 0.333. The highest BCUT2D eigenvalue weighted by Gasteiger charge is 2.61. The lowest BCUT2D eigenvalue weighted by molar-refractivity contribution is -0.387. The molecule has 1 amide bonds. The van der Waals surface area contributed by atoms with E-state index in [2.05, 4.69) is 4.74 Å². The van der Waals surface area contributed by atoms with E-state index in [4.69, 9.17) is 0 Å². The molecule has 0 saturated carbocycles. The number of esters is 1. The van der Waals surface area contributed by atoms with Gasteiger partial charge >= 0.3 is 5.97 Å². The molecule has 1 saturated heterocycles. The van der Waals surface area contributed by atoms with Gasteiger partial charge in [-0.05, 0) is 19.9 Å². The van der Waals surface area contributed by atoms with Gasteiger partial charge in [0.15, 0.2) is 28.2 Å². The summed E-state index contributed by atoms with van der Waals surface area (Å²) in [7, 11) is -4.02. The Morgan fingerprint density at radius 1 is 1.11 bits per heavy atom. The third-order valence-corrected chi connectivity index (χ3v) is 7.49. The van der Waals surface area contributed by atoms with Crippen molar-refractivity contribution in [1.82, 2.24) is 9.62 Å². The normalized spacial score (nSPS) is 17.9. The molecule has 3 rings (SSSR count). The predicted octanol–water partition coefficient (Wildman–Crippen LogP) is 2.34. The Hall–Kier alpha value is -3.66. The van der Waals surface area contributed by atoms with E-state index in [1.54, 1.807) is 0 Å². The van der Waals surface area contributed by atoms with E-state index >= 15 is 0 Å². The molecule has 0 radical (unpaired) electrons. The number of β-lactam (4-membered cyclic amide) rings is 1. The summed E-state index contributed by atoms with van der Waals surface area (Å²) in [6.07, 6.45) is -1.38. The van der Waals surface area contributed by atoms with Gasteiger partial charge in [-0.2, -0.15) is 4.72 Å². The van der Waals surface area contributed by atoms with E-state index in [9.17, 15) is 50.1 Å². The number of amides is 1. The molecule has 0 spiro atoms. The SMILES string of the molecule is COC(=O)C(C)(C)N1C[C@](Cc2c(F)c(F)c(F)c(F)c2F)(NS(=O)(=O)c2ccccc2[N+](=O)[O-])C1=O. The second kappa shape index (κ2) is 9.33. The van der Waals surface area contributed by atoms with Crippen molar-refractivity contribution in [2.45, 2.75) is 36.2 Å². The van der Waals surface area contributed by atoms with Crippen LogP contribution < -0.4 is 4.72 Å². The lowest BCUT2D eigenvalue weighted by Gasteiger charge is -2.54. The van der Waals surface area contributed by atoms with Gasteiger partial charge in [0, 0.05) is 18.1 Å². The summed E-state index contributed by atoms with van der Waals surface area (Å²) in [5.74, 6) is -14.0. The molecule has 200 valence electrons. The van der Waals surface area contributed by atoms with Crippen molar-refractivity contribution in [2.24, 2.45) is 0 Å². The number of hydrogen-bond acceptors (Lipinski definition) is 7. The fourth-order valence-corrected chi connectivity index (χ4v) is 5.41. The van der Waals surface area contributed by atoms with Crippen LogP contribution in [0.4, 0.5) is 27.6 Å². The van der Waals surface area contributed by atoms with Crippen LogP contribution in [0.3, 0.4) is 0 Å². The number of nitro benzene ring substituents is 1. The number of nitrogens with one attached hydrogen (secondary N) is 1. The van der Waals surface area contributed by atoms with Crippen LogP contribution in [0.5, 0.6) is 0 Å². The number of nitrogens with zero attached hydrogens (tertiary/aromatic N) is 2. The van der Waals surface area contributed by atoms with E-state index in [0.717, 1.165) is 36.3 Å². The van der Waals surface area contributed by atoms with E-state index in [1.807, 2.05) is 4.72 Å². The summed E-state index contributed by atoms with van der Waals surface area (Å²) in [4.78, 5) is 35.6. The van der Waals surface area contributed by atoms with Crippen LogP contribution in [0.2, 0.25) is 0 Å². The van der Waals surface area contributed by atoms with Crippen molar-refractivity contribution in [3.8, 4) is 0 Å². The Bertz CT molecular complexity index is 1400. The molecular weight excluding hydrogens is 533 g/mol. The topological polar surface area (TPSA) is 136 Å². The van der Waals surface area contributed by atoms with Crippen molar-refractivity contribution in [1.29, 1.82) is 0 Å². The zero-order chi connectivity index (χ0) is 28.1. The smallest absolute Gasteiger partial charge is 0.331 e. The molecule has 1 heterocycles. The minimum absolute atomic E-state index is 0.757. The first-order valence-corrected chi connectivity index (χ1v) is 11.7. The summed E-state index contributed by atoms with van der Waals surface area (Å²) in [6.45, 7) is 1.61. The number of ether oxygens (including phenoxy) is 1. The number of nitro groups is 1. The number of para-hydroxylation sites is 1. The Kier molecular flexibility index (Phi) is 7.04. The molecule has 10 nitrogen and oxygen atoms in total. The summed E-state index contributed by atoms with van der Waals surface area (Å²) in [6, 6.07) is 3.91. The zero-order valence-corrected chi connectivity index (χ0v) is 20.1. The van der Waals surface area contributed by atoms with Gasteiger partial charge in [0.05, 0.1) is 18.6 Å². The van der Waals surface area contributed by atoms with Crippen molar-refractivity contribution in [3.63, 3.8) is 0 Å². The highest BCUT2D eigenvalue weighted by molar-refractivity contribution is 7.89. The highest BCUT2D eigenvalue weighted by Crippen LogP contribution is 2.38. The maximum atomic E-state index is 14.5. The van der Waals surface area contributed by atoms with Gasteiger partial charge < -0.3 is 9.64 Å². The minimum Gasteiger partial charge on any atom is -0.467 e. The molecule has 1 aliphatic rings. The van der Waals surface area contributed by atoms with Crippen molar-refractivity contribution in [2.75, 3.05) is 13.7 Å². The van der Waals surface area contributed by atoms with Crippen LogP contribution in [0.15, 0.2) is 29.2 Å². The van der Waals surface area contributed by atoms with Crippen LogP contribution in [0, 0.1) is 39.2 Å². The first-order chi connectivity index (χ1) is 17.0. The number of likely N-dealkylation sites (tertiary alicyclic amines) is 1. The monoisotopic (exact) mass is 551 g/mol. The third kappa shape index (κ3) is 4.50. The second-order valence-electron chi connectivity index (χ2n) is 8.58. The Morgan fingerprint density at radius 2 is 1.62 bits per heavy atom. The predicted molar refractivity (Wildman–Crippen MR) is 114 cm³/mol. The average Bonchev–Trinajstić information content (AvgIpc) is 2.85. The molecule has 0 bridgehead atoms. The summed E-state index contributed by atoms with van der Waals surface area (Å²) in [5.41, 5.74) is -6.76. The van der Waals surface area contributed by atoms with E-state index in [-0.39, 0.29) is 0 Å². The number of carbonyl (C=O) groups excluding carboxylic acids is 2. The lowest BCUT2D eigenvalue weighted by atomic mass is 9.79. The summed E-state index contributed by atoms with van der Waals surface area (Å²) < 4.78 is 103. The Morgan fingerprint density at radius 3 is 2.11 bits per heavy atom. The zero-order valence-electron chi connectivity index (χ0n) is 19.3. The van der Waals surface area contributed by atoms with Gasteiger partial charge in [0.2, 0.25) is 21.7 Å². The van der Waals surface area contributed by atoms with Gasteiger partial charge in [-0.15, -0.1) is 0 Å². The standard InChI is InChI=1S/C21H18F5N3O7S/c1-20(2,19(31)36-3)28-9-21(18(28)30,8-10-13(22)15(24)17(26)16(25)14(10)23)27-37(34,35)12-7-5-4-6-11(12)29(32)33/h4-7,27H,8-9H2,1-3H3/t21-/m0/s1. The molecule has 2 aromatic rings. The van der Waals surface area contributed by atoms with E-state index in [0.29, 0.717) is 0 Å². The minimum atomic E-state index is -5.02. The molecular formula is C21H18F5N3O7S. The number of sulfonamides is 1. The molecule has 0 unspecified atom stereocenters. The van der Waals surface area contributed by atoms with Crippen molar-refractivity contribution < 1.29 is 49.6 Å². The Labute approximate surface area is 206 Å². The molecule has 1 aliphatic heterocycles. The molecule has 1 atom stereocenters. The number of benzene rings is 2. The van der Waals surface area contributed by atoms with Gasteiger partial charge in [-0.1, -0.05) is 12.1 Å². The second-order valence-corrected chi connectivity index (χ2v) is 10.2. The number of carbonyl (C=O) groups is 2. The van der Waals surface area contributed by atoms with Crippen molar-refractivity contribution >= 4 is 27.6 Å². The average molecular weight is 551 g/mol. The van der Waals surface area contributed by atoms with Gasteiger partial charge in [-0.25, -0.2) is 35.2 Å². The van der Waals surface area contributed by atoms with Gasteiger partial charge in [-0.3, -0.25) is 14.9 Å². The van der Waals surface area contributed by atoms with Crippen molar-refractivity contribution in [3.05, 3.63) is 69.0 Å². The molecule has 16 heteroatoms. The highest BCUT2D eigenvalue weighted by atomic mass is 32.2. The largest absolute Gasteiger partial charge is 0.467 e. The van der Waals surface area contributed by atoms with Crippen LogP contribution in [0.1, 0.15) is 19.4 Å². The van der Waals surface area contributed by atoms with E-state index < -0.39 is 96.1 Å². The number of rotatable bonds is 8. The maximum absolute atomic E-state index is 14.5.